The molecule has 186 valence electrons. The Morgan fingerprint density at radius 1 is 0.971 bits per heavy atom. The third kappa shape index (κ3) is 6.78. The first-order chi connectivity index (χ1) is 15.9. The maximum Gasteiger partial charge on any atom is 0.328 e. The molecule has 0 aliphatic heterocycles. The van der Waals surface area contributed by atoms with Crippen LogP contribution in [-0.4, -0.2) is 69.2 Å². The highest BCUT2D eigenvalue weighted by Gasteiger charge is 2.30. The van der Waals surface area contributed by atoms with Gasteiger partial charge in [-0.1, -0.05) is 32.0 Å². The molecule has 3 amide bonds. The molecule has 0 aliphatic rings. The Bertz CT molecular complexity index is 1030. The van der Waals surface area contributed by atoms with Gasteiger partial charge in [-0.15, -0.1) is 0 Å². The van der Waals surface area contributed by atoms with Crippen molar-refractivity contribution in [3.05, 3.63) is 36.0 Å². The lowest BCUT2D eigenvalue weighted by molar-refractivity contribution is -0.145. The van der Waals surface area contributed by atoms with Crippen LogP contribution in [0.1, 0.15) is 33.3 Å². The zero-order valence-corrected chi connectivity index (χ0v) is 19.7. The van der Waals surface area contributed by atoms with Crippen LogP contribution < -0.4 is 21.7 Å². The van der Waals surface area contributed by atoms with Gasteiger partial charge in [0, 0.05) is 23.5 Å². The minimum atomic E-state index is -1.53. The average molecular weight is 476 g/mol. The van der Waals surface area contributed by atoms with Crippen LogP contribution in [-0.2, 0) is 25.6 Å². The number of carboxylic acid groups (broad SMARTS) is 1. The number of amides is 3. The van der Waals surface area contributed by atoms with Gasteiger partial charge >= 0.3 is 5.97 Å². The molecule has 0 unspecified atom stereocenters. The second-order valence-electron chi connectivity index (χ2n) is 8.69. The van der Waals surface area contributed by atoms with Crippen LogP contribution >= 0.6 is 0 Å². The third-order valence-electron chi connectivity index (χ3n) is 5.55. The lowest BCUT2D eigenvalue weighted by Crippen LogP contribution is -2.58. The summed E-state index contributed by atoms with van der Waals surface area (Å²) in [5.41, 5.74) is 7.59. The minimum Gasteiger partial charge on any atom is -0.480 e. The zero-order valence-electron chi connectivity index (χ0n) is 19.7. The number of hydrogen-bond acceptors (Lipinski definition) is 6. The highest BCUT2D eigenvalue weighted by atomic mass is 16.4. The quantitative estimate of drug-likeness (QED) is 0.231. The lowest BCUT2D eigenvalue weighted by atomic mass is 10.0. The summed E-state index contributed by atoms with van der Waals surface area (Å²) in [4.78, 5) is 52.5. The van der Waals surface area contributed by atoms with Crippen molar-refractivity contribution in [2.45, 2.75) is 64.4 Å². The minimum absolute atomic E-state index is 0.131. The van der Waals surface area contributed by atoms with E-state index >= 15 is 0 Å². The SMILES string of the molecule is CC(C)[C@H](N)C(=O)N[C@@H](Cc1c[nH]c2ccccc12)C(=O)N[C@@H](C)C(=O)N[C@H](C(=O)O)[C@@H](C)O. The summed E-state index contributed by atoms with van der Waals surface area (Å²) in [5.74, 6) is -3.50. The number of nitrogens with one attached hydrogen (secondary N) is 4. The number of carboxylic acids is 1. The summed E-state index contributed by atoms with van der Waals surface area (Å²) in [6, 6.07) is 2.96. The summed E-state index contributed by atoms with van der Waals surface area (Å²) in [5, 5.41) is 27.0. The van der Waals surface area contributed by atoms with Crippen molar-refractivity contribution in [1.29, 1.82) is 0 Å². The number of nitrogens with two attached hydrogens (primary N) is 1. The number of aliphatic carboxylic acids is 1. The summed E-state index contributed by atoms with van der Waals surface area (Å²) in [6.45, 7) is 6.17. The number of aliphatic hydroxyl groups is 1. The maximum absolute atomic E-state index is 13.1. The molecule has 2 rings (SSSR count). The fourth-order valence-corrected chi connectivity index (χ4v) is 3.35. The Kier molecular flexibility index (Phi) is 9.16. The monoisotopic (exact) mass is 475 g/mol. The number of benzene rings is 1. The maximum atomic E-state index is 13.1. The van der Waals surface area contributed by atoms with E-state index in [9.17, 15) is 24.3 Å². The van der Waals surface area contributed by atoms with Crippen molar-refractivity contribution < 1.29 is 29.4 Å². The molecule has 0 saturated heterocycles. The number of carbonyl (C=O) groups excluding carboxylic acids is 3. The number of hydrogen-bond donors (Lipinski definition) is 7. The molecule has 1 heterocycles. The Morgan fingerprint density at radius 3 is 2.21 bits per heavy atom. The second-order valence-corrected chi connectivity index (χ2v) is 8.69. The molecule has 8 N–H and O–H groups in total. The molecule has 1 aromatic heterocycles. The Labute approximate surface area is 197 Å². The average Bonchev–Trinajstić information content (AvgIpc) is 3.18. The van der Waals surface area contributed by atoms with Gasteiger partial charge in [-0.3, -0.25) is 14.4 Å². The normalized spacial score (nSPS) is 15.7. The van der Waals surface area contributed by atoms with E-state index in [4.69, 9.17) is 10.8 Å². The van der Waals surface area contributed by atoms with Crippen molar-refractivity contribution >= 4 is 34.6 Å². The summed E-state index contributed by atoms with van der Waals surface area (Å²) >= 11 is 0. The molecular formula is C23H33N5O6. The Balaban J connectivity index is 2.20. The molecular weight excluding hydrogens is 442 g/mol. The molecule has 5 atom stereocenters. The number of fused-ring (bicyclic) bond motifs is 1. The summed E-state index contributed by atoms with van der Waals surface area (Å²) in [7, 11) is 0. The molecule has 1 aromatic carbocycles. The molecule has 2 aromatic rings. The number of carbonyl (C=O) groups is 4. The van der Waals surface area contributed by atoms with E-state index in [1.54, 1.807) is 20.0 Å². The van der Waals surface area contributed by atoms with Crippen molar-refractivity contribution in [3.63, 3.8) is 0 Å². The number of rotatable bonds is 11. The fraction of sp³-hybridized carbons (Fsp3) is 0.478. The molecule has 0 aliphatic carbocycles. The Morgan fingerprint density at radius 2 is 1.62 bits per heavy atom. The Hall–Kier alpha value is -3.44. The van der Waals surface area contributed by atoms with Gasteiger partial charge in [0.1, 0.15) is 12.1 Å². The van der Waals surface area contributed by atoms with E-state index in [2.05, 4.69) is 20.9 Å². The van der Waals surface area contributed by atoms with Crippen LogP contribution in [0.4, 0.5) is 0 Å². The van der Waals surface area contributed by atoms with Gasteiger partial charge in [-0.2, -0.15) is 0 Å². The first-order valence-corrected chi connectivity index (χ1v) is 11.0. The predicted molar refractivity (Wildman–Crippen MR) is 126 cm³/mol. The molecule has 0 saturated carbocycles. The second kappa shape index (κ2) is 11.6. The molecule has 0 fully saturated rings. The zero-order chi connectivity index (χ0) is 25.6. The van der Waals surface area contributed by atoms with Gasteiger partial charge in [0.2, 0.25) is 17.7 Å². The van der Waals surface area contributed by atoms with Crippen LogP contribution in [0.2, 0.25) is 0 Å². The first-order valence-electron chi connectivity index (χ1n) is 11.0. The lowest BCUT2D eigenvalue weighted by Gasteiger charge is -2.24. The number of para-hydroxylation sites is 1. The van der Waals surface area contributed by atoms with Gasteiger partial charge in [0.05, 0.1) is 12.1 Å². The van der Waals surface area contributed by atoms with Crippen molar-refractivity contribution in [3.8, 4) is 0 Å². The predicted octanol–water partition coefficient (Wildman–Crippen LogP) is -0.367. The summed E-state index contributed by atoms with van der Waals surface area (Å²) in [6.07, 6.45) is 0.540. The first kappa shape index (κ1) is 26.8. The summed E-state index contributed by atoms with van der Waals surface area (Å²) < 4.78 is 0. The standard InChI is InChI=1S/C23H33N5O6/c1-11(2)18(24)22(32)27-17(9-14-10-25-16-8-6-5-7-15(14)16)21(31)26-12(3)20(30)28-19(13(4)29)23(33)34/h5-8,10-13,17-19,25,29H,9,24H2,1-4H3,(H,26,31)(H,27,32)(H,28,30)(H,33,34)/t12-,13+,17-,18-,19-/m0/s1. The van der Waals surface area contributed by atoms with Gasteiger partial charge in [0.15, 0.2) is 6.04 Å². The molecule has 34 heavy (non-hydrogen) atoms. The van der Waals surface area contributed by atoms with Crippen LogP contribution in [0.3, 0.4) is 0 Å². The number of aliphatic hydroxyl groups excluding tert-OH is 1. The topological polar surface area (TPSA) is 187 Å². The van der Waals surface area contributed by atoms with Crippen LogP contribution in [0.25, 0.3) is 10.9 Å². The third-order valence-corrected chi connectivity index (χ3v) is 5.55. The van der Waals surface area contributed by atoms with Gasteiger partial charge in [-0.05, 0) is 31.4 Å². The highest BCUT2D eigenvalue weighted by molar-refractivity contribution is 5.94. The number of aromatic amines is 1. The van der Waals surface area contributed by atoms with E-state index in [0.29, 0.717) is 0 Å². The van der Waals surface area contributed by atoms with E-state index < -0.39 is 54.0 Å². The van der Waals surface area contributed by atoms with Crippen LogP contribution in [0, 0.1) is 5.92 Å². The molecule has 0 radical (unpaired) electrons. The van der Waals surface area contributed by atoms with Crippen LogP contribution in [0.15, 0.2) is 30.5 Å². The molecule has 11 nitrogen and oxygen atoms in total. The van der Waals surface area contributed by atoms with Crippen molar-refractivity contribution in [2.75, 3.05) is 0 Å². The molecule has 0 spiro atoms. The van der Waals surface area contributed by atoms with Crippen LogP contribution in [0.5, 0.6) is 0 Å². The van der Waals surface area contributed by atoms with Gasteiger partial charge < -0.3 is 36.9 Å². The molecule has 11 heteroatoms. The molecule has 0 bridgehead atoms. The van der Waals surface area contributed by atoms with E-state index in [0.717, 1.165) is 16.5 Å². The fourth-order valence-electron chi connectivity index (χ4n) is 3.35. The van der Waals surface area contributed by atoms with Gasteiger partial charge in [-0.25, -0.2) is 4.79 Å². The number of aromatic nitrogens is 1. The van der Waals surface area contributed by atoms with Crippen molar-refractivity contribution in [1.82, 2.24) is 20.9 Å². The highest BCUT2D eigenvalue weighted by Crippen LogP contribution is 2.19. The number of H-pyrrole nitrogens is 1. The van der Waals surface area contributed by atoms with Crippen molar-refractivity contribution in [2.24, 2.45) is 11.7 Å². The smallest absolute Gasteiger partial charge is 0.328 e. The van der Waals surface area contributed by atoms with E-state index in [1.807, 2.05) is 24.3 Å². The van der Waals surface area contributed by atoms with E-state index in [-0.39, 0.29) is 12.3 Å². The van der Waals surface area contributed by atoms with E-state index in [1.165, 1.54) is 13.8 Å². The van der Waals surface area contributed by atoms with Gasteiger partial charge in [0.25, 0.3) is 0 Å². The largest absolute Gasteiger partial charge is 0.480 e.